The third kappa shape index (κ3) is 2.11. The van der Waals surface area contributed by atoms with Crippen LogP contribution in [-0.4, -0.2) is 14.5 Å². The Hall–Kier alpha value is -1.46. The number of halogens is 1. The van der Waals surface area contributed by atoms with Crippen LogP contribution in [0.3, 0.4) is 0 Å². The Morgan fingerprint density at radius 3 is 2.45 bits per heavy atom. The summed E-state index contributed by atoms with van der Waals surface area (Å²) in [5.74, 6) is 0. The molecule has 3 aromatic rings. The first-order chi connectivity index (χ1) is 9.47. The van der Waals surface area contributed by atoms with Gasteiger partial charge in [-0.2, -0.15) is 0 Å². The zero-order valence-corrected chi connectivity index (χ0v) is 13.9. The summed E-state index contributed by atoms with van der Waals surface area (Å²) in [5, 5.41) is 0. The second-order valence-electron chi connectivity index (χ2n) is 4.98. The molecule has 3 nitrogen and oxygen atoms in total. The first-order valence-corrected chi connectivity index (χ1v) is 7.53. The fraction of sp³-hybridized carbons (Fsp3) is 0.200. The zero-order chi connectivity index (χ0) is 14.4. The van der Waals surface area contributed by atoms with Crippen LogP contribution in [0, 0.1) is 25.5 Å². The standard InChI is InChI=1S/C15H14BrN3S/c1-8-6-11(7-9(2)13(8)16)19-14-12(18-15(19)20)5-4-10(3)17-14/h4-7H,1-3H3,(H,18,20). The molecule has 3 rings (SSSR count). The number of imidazole rings is 1. The first kappa shape index (κ1) is 13.5. The van der Waals surface area contributed by atoms with Gasteiger partial charge < -0.3 is 4.98 Å². The van der Waals surface area contributed by atoms with Crippen LogP contribution in [0.1, 0.15) is 16.8 Å². The number of nitrogens with zero attached hydrogens (tertiary/aromatic N) is 2. The van der Waals surface area contributed by atoms with Gasteiger partial charge in [-0.1, -0.05) is 15.9 Å². The number of aromatic amines is 1. The lowest BCUT2D eigenvalue weighted by atomic mass is 10.1. The normalized spacial score (nSPS) is 11.2. The van der Waals surface area contributed by atoms with E-state index in [1.165, 1.54) is 11.1 Å². The minimum atomic E-state index is 0.666. The molecule has 1 N–H and O–H groups in total. The Morgan fingerprint density at radius 1 is 1.15 bits per heavy atom. The number of nitrogens with one attached hydrogen (secondary N) is 1. The van der Waals surface area contributed by atoms with Gasteiger partial charge in [-0.3, -0.25) is 4.57 Å². The van der Waals surface area contributed by atoms with E-state index in [-0.39, 0.29) is 0 Å². The number of pyridine rings is 1. The minimum absolute atomic E-state index is 0.666. The monoisotopic (exact) mass is 347 g/mol. The maximum Gasteiger partial charge on any atom is 0.183 e. The van der Waals surface area contributed by atoms with Crippen molar-refractivity contribution < 1.29 is 0 Å². The Labute approximate surface area is 130 Å². The molecule has 0 saturated heterocycles. The van der Waals surface area contributed by atoms with Crippen LogP contribution in [0.5, 0.6) is 0 Å². The molecule has 0 amide bonds. The lowest BCUT2D eigenvalue weighted by Gasteiger charge is -2.09. The van der Waals surface area contributed by atoms with Crippen molar-refractivity contribution in [3.05, 3.63) is 50.3 Å². The molecule has 102 valence electrons. The van der Waals surface area contributed by atoms with E-state index in [4.69, 9.17) is 12.2 Å². The van der Waals surface area contributed by atoms with Gasteiger partial charge in [0.2, 0.25) is 0 Å². The van der Waals surface area contributed by atoms with E-state index in [2.05, 4.69) is 51.9 Å². The summed E-state index contributed by atoms with van der Waals surface area (Å²) >= 11 is 9.05. The van der Waals surface area contributed by atoms with Crippen molar-refractivity contribution in [1.82, 2.24) is 14.5 Å². The number of hydrogen-bond acceptors (Lipinski definition) is 2. The Morgan fingerprint density at radius 2 is 1.80 bits per heavy atom. The predicted octanol–water partition coefficient (Wildman–Crippen LogP) is 4.77. The number of rotatable bonds is 1. The van der Waals surface area contributed by atoms with Crippen LogP contribution in [-0.2, 0) is 0 Å². The summed E-state index contributed by atoms with van der Waals surface area (Å²) in [7, 11) is 0. The summed E-state index contributed by atoms with van der Waals surface area (Å²) < 4.78 is 3.79. The van der Waals surface area contributed by atoms with Gasteiger partial charge in [0, 0.05) is 10.2 Å². The van der Waals surface area contributed by atoms with E-state index in [1.807, 2.05) is 23.6 Å². The van der Waals surface area contributed by atoms with Crippen LogP contribution >= 0.6 is 28.1 Å². The highest BCUT2D eigenvalue weighted by Crippen LogP contribution is 2.26. The van der Waals surface area contributed by atoms with Crippen LogP contribution in [0.25, 0.3) is 16.9 Å². The zero-order valence-electron chi connectivity index (χ0n) is 11.5. The molecule has 0 aliphatic carbocycles. The number of benzene rings is 1. The highest BCUT2D eigenvalue weighted by Gasteiger charge is 2.10. The van der Waals surface area contributed by atoms with Gasteiger partial charge in [-0.15, -0.1) is 0 Å². The van der Waals surface area contributed by atoms with Crippen LogP contribution in [0.15, 0.2) is 28.7 Å². The highest BCUT2D eigenvalue weighted by atomic mass is 79.9. The van der Waals surface area contributed by atoms with Gasteiger partial charge in [0.15, 0.2) is 10.4 Å². The number of hydrogen-bond donors (Lipinski definition) is 1. The first-order valence-electron chi connectivity index (χ1n) is 6.33. The number of H-pyrrole nitrogens is 1. The number of aryl methyl sites for hydroxylation is 3. The van der Waals surface area contributed by atoms with Gasteiger partial charge in [0.05, 0.1) is 11.2 Å². The highest BCUT2D eigenvalue weighted by molar-refractivity contribution is 9.10. The summed E-state index contributed by atoms with van der Waals surface area (Å²) in [6.07, 6.45) is 0. The second kappa shape index (κ2) is 4.82. The Bertz CT molecular complexity index is 853. The van der Waals surface area contributed by atoms with Gasteiger partial charge >= 0.3 is 0 Å². The molecular formula is C15H14BrN3S. The summed E-state index contributed by atoms with van der Waals surface area (Å²) in [6, 6.07) is 8.23. The molecule has 0 radical (unpaired) electrons. The third-order valence-electron chi connectivity index (χ3n) is 3.35. The van der Waals surface area contributed by atoms with Crippen molar-refractivity contribution >= 4 is 39.3 Å². The quantitative estimate of drug-likeness (QED) is 0.643. The average Bonchev–Trinajstić information content (AvgIpc) is 2.70. The molecule has 20 heavy (non-hydrogen) atoms. The fourth-order valence-electron chi connectivity index (χ4n) is 2.37. The summed E-state index contributed by atoms with van der Waals surface area (Å²) in [4.78, 5) is 7.82. The minimum Gasteiger partial charge on any atom is -0.329 e. The van der Waals surface area contributed by atoms with Gasteiger partial charge in [0.25, 0.3) is 0 Å². The topological polar surface area (TPSA) is 33.6 Å². The van der Waals surface area contributed by atoms with Crippen LogP contribution < -0.4 is 0 Å². The number of fused-ring (bicyclic) bond motifs is 1. The van der Waals surface area contributed by atoms with E-state index >= 15 is 0 Å². The van der Waals surface area contributed by atoms with Crippen molar-refractivity contribution in [2.75, 3.05) is 0 Å². The second-order valence-corrected chi connectivity index (χ2v) is 6.16. The molecule has 0 bridgehead atoms. The molecule has 2 aromatic heterocycles. The molecular weight excluding hydrogens is 334 g/mol. The largest absolute Gasteiger partial charge is 0.329 e. The summed E-state index contributed by atoms with van der Waals surface area (Å²) in [5.41, 5.74) is 6.21. The third-order valence-corrected chi connectivity index (χ3v) is 4.89. The van der Waals surface area contributed by atoms with Crippen molar-refractivity contribution in [1.29, 1.82) is 0 Å². The molecule has 0 atom stereocenters. The summed E-state index contributed by atoms with van der Waals surface area (Å²) in [6.45, 7) is 6.15. The van der Waals surface area contributed by atoms with Gasteiger partial charge in [-0.25, -0.2) is 4.98 Å². The molecule has 0 saturated carbocycles. The van der Waals surface area contributed by atoms with Crippen molar-refractivity contribution in [3.63, 3.8) is 0 Å². The fourth-order valence-corrected chi connectivity index (χ4v) is 2.90. The maximum atomic E-state index is 5.45. The van der Waals surface area contributed by atoms with Crippen molar-refractivity contribution in [3.8, 4) is 5.69 Å². The van der Waals surface area contributed by atoms with Crippen LogP contribution in [0.4, 0.5) is 0 Å². The smallest absolute Gasteiger partial charge is 0.183 e. The average molecular weight is 348 g/mol. The lowest BCUT2D eigenvalue weighted by Crippen LogP contribution is -1.98. The molecule has 1 aromatic carbocycles. The van der Waals surface area contributed by atoms with E-state index in [0.29, 0.717) is 4.77 Å². The molecule has 2 heterocycles. The van der Waals surface area contributed by atoms with E-state index in [9.17, 15) is 0 Å². The van der Waals surface area contributed by atoms with Crippen molar-refractivity contribution in [2.24, 2.45) is 0 Å². The van der Waals surface area contributed by atoms with E-state index in [0.717, 1.165) is 27.0 Å². The lowest BCUT2D eigenvalue weighted by molar-refractivity contribution is 1.03. The Balaban J connectivity index is 2.37. The predicted molar refractivity (Wildman–Crippen MR) is 88.2 cm³/mol. The maximum absolute atomic E-state index is 5.45. The van der Waals surface area contributed by atoms with Crippen LogP contribution in [0.2, 0.25) is 0 Å². The Kier molecular flexibility index (Phi) is 3.26. The number of aromatic nitrogens is 3. The van der Waals surface area contributed by atoms with Gasteiger partial charge in [-0.05, 0) is 68.4 Å². The molecule has 0 aliphatic heterocycles. The van der Waals surface area contributed by atoms with Crippen molar-refractivity contribution in [2.45, 2.75) is 20.8 Å². The van der Waals surface area contributed by atoms with E-state index < -0.39 is 0 Å². The molecule has 0 fully saturated rings. The molecule has 5 heteroatoms. The SMILES string of the molecule is Cc1ccc2[nH]c(=S)n(-c3cc(C)c(Br)c(C)c3)c2n1. The molecule has 0 spiro atoms. The molecule has 0 unspecified atom stereocenters. The van der Waals surface area contributed by atoms with E-state index in [1.54, 1.807) is 0 Å². The molecule has 0 aliphatic rings. The van der Waals surface area contributed by atoms with Gasteiger partial charge in [0.1, 0.15) is 0 Å².